The summed E-state index contributed by atoms with van der Waals surface area (Å²) in [7, 11) is 0. The molecule has 0 atom stereocenters. The SMILES string of the molecule is CC1(C)CCC/C(=N/N=C2\NC(=O)CS2)C1. The maximum Gasteiger partial charge on any atom is 0.236 e. The Kier molecular flexibility index (Phi) is 3.33. The molecule has 0 radical (unpaired) electrons. The van der Waals surface area contributed by atoms with E-state index >= 15 is 0 Å². The summed E-state index contributed by atoms with van der Waals surface area (Å²) in [6, 6.07) is 0. The molecule has 1 aliphatic heterocycles. The van der Waals surface area contributed by atoms with Crippen LogP contribution in [0.15, 0.2) is 10.2 Å². The highest BCUT2D eigenvalue weighted by molar-refractivity contribution is 8.15. The van der Waals surface area contributed by atoms with Crippen LogP contribution in [0.3, 0.4) is 0 Å². The van der Waals surface area contributed by atoms with Gasteiger partial charge in [-0.1, -0.05) is 25.6 Å². The van der Waals surface area contributed by atoms with Gasteiger partial charge in [-0.05, 0) is 31.1 Å². The van der Waals surface area contributed by atoms with Gasteiger partial charge in [-0.3, -0.25) is 4.79 Å². The molecule has 2 rings (SSSR count). The van der Waals surface area contributed by atoms with Crippen molar-refractivity contribution in [2.24, 2.45) is 15.6 Å². The van der Waals surface area contributed by atoms with E-state index in [-0.39, 0.29) is 5.91 Å². The lowest BCUT2D eigenvalue weighted by Gasteiger charge is -2.29. The van der Waals surface area contributed by atoms with Gasteiger partial charge in [0.1, 0.15) is 0 Å². The molecule has 0 unspecified atom stereocenters. The fourth-order valence-electron chi connectivity index (χ4n) is 2.08. The Bertz CT molecular complexity index is 360. The highest BCUT2D eigenvalue weighted by Crippen LogP contribution is 2.33. The summed E-state index contributed by atoms with van der Waals surface area (Å²) >= 11 is 1.42. The molecule has 1 aliphatic carbocycles. The van der Waals surface area contributed by atoms with Crippen LogP contribution in [0.2, 0.25) is 0 Å². The van der Waals surface area contributed by atoms with Gasteiger partial charge in [-0.25, -0.2) is 0 Å². The largest absolute Gasteiger partial charge is 0.303 e. The lowest BCUT2D eigenvalue weighted by atomic mass is 9.77. The maximum atomic E-state index is 10.9. The molecule has 1 saturated heterocycles. The number of amides is 1. The first-order valence-corrected chi connectivity index (χ1v) is 6.60. The number of amidine groups is 1. The highest BCUT2D eigenvalue weighted by Gasteiger charge is 2.25. The molecule has 0 aromatic carbocycles. The summed E-state index contributed by atoms with van der Waals surface area (Å²) < 4.78 is 0. The second-order valence-corrected chi connectivity index (χ2v) is 6.07. The summed E-state index contributed by atoms with van der Waals surface area (Å²) in [5.41, 5.74) is 1.51. The van der Waals surface area contributed by atoms with Crippen molar-refractivity contribution in [3.63, 3.8) is 0 Å². The zero-order valence-corrected chi connectivity index (χ0v) is 10.6. The van der Waals surface area contributed by atoms with Crippen molar-refractivity contribution in [2.45, 2.75) is 39.5 Å². The Morgan fingerprint density at radius 1 is 1.38 bits per heavy atom. The molecular weight excluding hydrogens is 222 g/mol. The lowest BCUT2D eigenvalue weighted by molar-refractivity contribution is -0.116. The third-order valence-corrected chi connectivity index (χ3v) is 3.73. The van der Waals surface area contributed by atoms with Crippen LogP contribution >= 0.6 is 11.8 Å². The van der Waals surface area contributed by atoms with E-state index in [9.17, 15) is 4.79 Å². The van der Waals surface area contributed by atoms with Crippen molar-refractivity contribution in [2.75, 3.05) is 5.75 Å². The van der Waals surface area contributed by atoms with Gasteiger partial charge in [0.05, 0.1) is 5.75 Å². The van der Waals surface area contributed by atoms with Gasteiger partial charge < -0.3 is 5.32 Å². The van der Waals surface area contributed by atoms with Crippen LogP contribution in [0.5, 0.6) is 0 Å². The summed E-state index contributed by atoms with van der Waals surface area (Å²) in [6.45, 7) is 4.53. The molecule has 0 bridgehead atoms. The second-order valence-electron chi connectivity index (χ2n) is 5.10. The van der Waals surface area contributed by atoms with Crippen molar-refractivity contribution >= 4 is 28.5 Å². The van der Waals surface area contributed by atoms with Gasteiger partial charge in [0, 0.05) is 5.71 Å². The van der Waals surface area contributed by atoms with Crippen molar-refractivity contribution in [3.8, 4) is 0 Å². The van der Waals surface area contributed by atoms with Gasteiger partial charge in [0.25, 0.3) is 0 Å². The van der Waals surface area contributed by atoms with Crippen molar-refractivity contribution in [1.82, 2.24) is 5.32 Å². The van der Waals surface area contributed by atoms with Gasteiger partial charge in [-0.15, -0.1) is 5.10 Å². The Morgan fingerprint density at radius 2 is 2.19 bits per heavy atom. The van der Waals surface area contributed by atoms with Crippen molar-refractivity contribution in [3.05, 3.63) is 0 Å². The fraction of sp³-hybridized carbons (Fsp3) is 0.727. The summed E-state index contributed by atoms with van der Waals surface area (Å²) in [4.78, 5) is 10.9. The minimum Gasteiger partial charge on any atom is -0.303 e. The van der Waals surface area contributed by atoms with Gasteiger partial charge >= 0.3 is 0 Å². The molecule has 2 fully saturated rings. The van der Waals surface area contributed by atoms with Gasteiger partial charge in [0.2, 0.25) is 5.91 Å². The molecule has 1 N–H and O–H groups in total. The van der Waals surface area contributed by atoms with Crippen molar-refractivity contribution in [1.29, 1.82) is 0 Å². The van der Waals surface area contributed by atoms with Crippen LogP contribution in [0.25, 0.3) is 0 Å². The van der Waals surface area contributed by atoms with Gasteiger partial charge in [0.15, 0.2) is 5.17 Å². The molecular formula is C11H17N3OS. The number of rotatable bonds is 1. The number of hydrogen-bond donors (Lipinski definition) is 1. The minimum atomic E-state index is 0.0212. The number of hydrogen-bond acceptors (Lipinski definition) is 4. The number of carbonyl (C=O) groups excluding carboxylic acids is 1. The number of carbonyl (C=O) groups is 1. The third kappa shape index (κ3) is 3.07. The van der Waals surface area contributed by atoms with Crippen LogP contribution < -0.4 is 5.32 Å². The molecule has 1 heterocycles. The van der Waals surface area contributed by atoms with Crippen molar-refractivity contribution < 1.29 is 4.79 Å². The van der Waals surface area contributed by atoms with Crippen LogP contribution in [-0.2, 0) is 4.79 Å². The average molecular weight is 239 g/mol. The monoisotopic (exact) mass is 239 g/mol. The average Bonchev–Trinajstić information content (AvgIpc) is 2.60. The molecule has 0 spiro atoms. The topological polar surface area (TPSA) is 53.8 Å². The molecule has 0 aromatic rings. The van der Waals surface area contributed by atoms with E-state index in [1.807, 2.05) is 0 Å². The van der Waals surface area contributed by atoms with E-state index in [1.165, 1.54) is 24.6 Å². The van der Waals surface area contributed by atoms with Gasteiger partial charge in [-0.2, -0.15) is 5.10 Å². The number of nitrogens with one attached hydrogen (secondary N) is 1. The lowest BCUT2D eigenvalue weighted by Crippen LogP contribution is -2.23. The standard InChI is InChI=1S/C11H17N3OS/c1-11(2)5-3-4-8(6-11)13-14-10-12-9(15)7-16-10/h3-7H2,1-2H3,(H,12,14,15)/b13-8-. The minimum absolute atomic E-state index is 0.0212. The zero-order chi connectivity index (χ0) is 11.6. The first-order chi connectivity index (χ1) is 7.55. The zero-order valence-electron chi connectivity index (χ0n) is 9.75. The Morgan fingerprint density at radius 3 is 2.81 bits per heavy atom. The van der Waals surface area contributed by atoms with E-state index in [0.29, 0.717) is 16.3 Å². The van der Waals surface area contributed by atoms with E-state index < -0.39 is 0 Å². The number of thioether (sulfide) groups is 1. The molecule has 88 valence electrons. The molecule has 16 heavy (non-hydrogen) atoms. The van der Waals surface area contributed by atoms with E-state index in [2.05, 4.69) is 29.4 Å². The van der Waals surface area contributed by atoms with E-state index in [0.717, 1.165) is 18.6 Å². The molecule has 5 heteroatoms. The van der Waals surface area contributed by atoms with Crippen LogP contribution in [0.4, 0.5) is 0 Å². The summed E-state index contributed by atoms with van der Waals surface area (Å²) in [5, 5.41) is 11.7. The fourth-order valence-corrected chi connectivity index (χ4v) is 2.71. The molecule has 1 saturated carbocycles. The molecule has 0 aromatic heterocycles. The van der Waals surface area contributed by atoms with Crippen LogP contribution in [-0.4, -0.2) is 22.5 Å². The first kappa shape index (κ1) is 11.6. The Hall–Kier alpha value is -0.840. The maximum absolute atomic E-state index is 10.9. The smallest absolute Gasteiger partial charge is 0.236 e. The predicted octanol–water partition coefficient (Wildman–Crippen LogP) is 2.16. The predicted molar refractivity (Wildman–Crippen MR) is 67.7 cm³/mol. The Labute approximate surface area is 100.0 Å². The first-order valence-electron chi connectivity index (χ1n) is 5.61. The summed E-state index contributed by atoms with van der Waals surface area (Å²) in [6.07, 6.45) is 4.51. The summed E-state index contributed by atoms with van der Waals surface area (Å²) in [5.74, 6) is 0.489. The molecule has 2 aliphatic rings. The third-order valence-electron chi connectivity index (χ3n) is 2.87. The van der Waals surface area contributed by atoms with Crippen LogP contribution in [0, 0.1) is 5.41 Å². The second kappa shape index (κ2) is 4.57. The molecule has 1 amide bonds. The quantitative estimate of drug-likeness (QED) is 0.713. The molecule has 4 nitrogen and oxygen atoms in total. The number of nitrogens with zero attached hydrogens (tertiary/aromatic N) is 2. The van der Waals surface area contributed by atoms with E-state index in [4.69, 9.17) is 0 Å². The highest BCUT2D eigenvalue weighted by atomic mass is 32.2. The van der Waals surface area contributed by atoms with Crippen LogP contribution in [0.1, 0.15) is 39.5 Å². The Balaban J connectivity index is 1.99. The van der Waals surface area contributed by atoms with E-state index in [1.54, 1.807) is 0 Å². The normalized spacial score (nSPS) is 29.8.